The number of likely N-dealkylation sites (N-methyl/N-ethyl adjacent to an activating group) is 2. The third-order valence-corrected chi connectivity index (χ3v) is 14.4. The fourth-order valence-electron chi connectivity index (χ4n) is 10.5. The molecule has 19 heteroatoms. The summed E-state index contributed by atoms with van der Waals surface area (Å²) in [6.07, 6.45) is -3.00. The SMILES string of the molecule is CCC(=O)O[C@@H]1CC(=O)O[C@@H](CC=Cc2cncc(-c3ccccc3)c2)CCCN(C)C[C@H](O)[C@H](C)C[C@H](CC=O)[C@H](O[C@@H]2OC(C)[C@@H](O[C@H]3CC(C)(OC(C)=O)[C@@H](OC(=O)CC)C(C)O3)C(N(C)C)C2O)[C@H]1OC. The molecule has 0 aliphatic carbocycles. The van der Waals surface area contributed by atoms with Crippen molar-refractivity contribution in [2.75, 3.05) is 41.3 Å². The van der Waals surface area contributed by atoms with Gasteiger partial charge < -0.3 is 67.4 Å². The molecule has 3 fully saturated rings. The average molecular weight is 1050 g/mol. The van der Waals surface area contributed by atoms with Gasteiger partial charge in [-0.25, -0.2) is 0 Å². The Labute approximate surface area is 442 Å². The van der Waals surface area contributed by atoms with E-state index in [1.807, 2.05) is 67.4 Å². The van der Waals surface area contributed by atoms with E-state index in [9.17, 15) is 34.2 Å². The lowest BCUT2D eigenvalue weighted by Crippen LogP contribution is -2.66. The highest BCUT2D eigenvalue weighted by molar-refractivity contribution is 5.73. The highest BCUT2D eigenvalue weighted by Gasteiger charge is 2.54. The van der Waals surface area contributed by atoms with E-state index in [1.165, 1.54) is 14.0 Å². The average Bonchev–Trinajstić information content (AvgIpc) is 3.35. The van der Waals surface area contributed by atoms with E-state index < -0.39 is 127 Å². The predicted octanol–water partition coefficient (Wildman–Crippen LogP) is 5.69. The van der Waals surface area contributed by atoms with E-state index in [1.54, 1.807) is 66.0 Å². The van der Waals surface area contributed by atoms with Crippen molar-refractivity contribution < 1.29 is 76.8 Å². The normalized spacial score (nSPS) is 33.8. The van der Waals surface area contributed by atoms with Crippen LogP contribution < -0.4 is 0 Å². The van der Waals surface area contributed by atoms with Crippen LogP contribution in [0.4, 0.5) is 0 Å². The molecule has 418 valence electrons. The van der Waals surface area contributed by atoms with E-state index >= 15 is 0 Å². The summed E-state index contributed by atoms with van der Waals surface area (Å²) in [6, 6.07) is 11.1. The highest BCUT2D eigenvalue weighted by Crippen LogP contribution is 2.39. The van der Waals surface area contributed by atoms with E-state index in [2.05, 4.69) is 4.98 Å². The fraction of sp³-hybridized carbons (Fsp3) is 0.679. The molecule has 0 radical (unpaired) electrons. The summed E-state index contributed by atoms with van der Waals surface area (Å²) in [7, 11) is 6.80. The van der Waals surface area contributed by atoms with Gasteiger partial charge >= 0.3 is 23.9 Å². The van der Waals surface area contributed by atoms with Crippen LogP contribution in [0.3, 0.4) is 0 Å². The van der Waals surface area contributed by atoms with Gasteiger partial charge in [-0.3, -0.25) is 24.2 Å². The van der Waals surface area contributed by atoms with Crippen molar-refractivity contribution in [3.63, 3.8) is 0 Å². The topological polar surface area (TPSA) is 228 Å². The molecule has 0 bridgehead atoms. The molecule has 2 N–H and O–H groups in total. The molecule has 0 saturated carbocycles. The van der Waals surface area contributed by atoms with Gasteiger partial charge in [0.1, 0.15) is 36.8 Å². The first-order valence-electron chi connectivity index (χ1n) is 26.4. The van der Waals surface area contributed by atoms with Crippen LogP contribution in [-0.4, -0.2) is 182 Å². The molecule has 1 aromatic heterocycles. The number of cyclic esters (lactones) is 1. The largest absolute Gasteiger partial charge is 0.462 e. The van der Waals surface area contributed by atoms with Crippen LogP contribution >= 0.6 is 0 Å². The third kappa shape index (κ3) is 17.4. The number of hydrogen-bond acceptors (Lipinski definition) is 19. The molecule has 3 aliphatic rings. The second kappa shape index (κ2) is 29.2. The number of nitrogens with zero attached hydrogens (tertiary/aromatic N) is 3. The van der Waals surface area contributed by atoms with Crippen LogP contribution in [0.2, 0.25) is 0 Å². The monoisotopic (exact) mass is 1050 g/mol. The van der Waals surface area contributed by atoms with Crippen molar-refractivity contribution in [1.82, 2.24) is 14.8 Å². The van der Waals surface area contributed by atoms with Crippen LogP contribution in [0.15, 0.2) is 54.9 Å². The Kier molecular flexibility index (Phi) is 23.8. The number of methoxy groups -OCH3 is 1. The number of hydrogen-bond donors (Lipinski definition) is 2. The number of benzene rings is 1. The van der Waals surface area contributed by atoms with Gasteiger partial charge in [0.05, 0.1) is 36.9 Å². The lowest BCUT2D eigenvalue weighted by Gasteiger charge is -2.50. The lowest BCUT2D eigenvalue weighted by atomic mass is 9.82. The Hall–Kier alpha value is -4.70. The van der Waals surface area contributed by atoms with Crippen molar-refractivity contribution in [1.29, 1.82) is 0 Å². The van der Waals surface area contributed by atoms with E-state index in [-0.39, 0.29) is 32.1 Å². The summed E-state index contributed by atoms with van der Waals surface area (Å²) in [4.78, 5) is 73.3. The van der Waals surface area contributed by atoms with Gasteiger partial charge in [0.15, 0.2) is 24.3 Å². The molecular weight excluding hydrogens is 971 g/mol. The smallest absolute Gasteiger partial charge is 0.309 e. The molecule has 3 aliphatic heterocycles. The first-order valence-corrected chi connectivity index (χ1v) is 26.4. The number of aliphatic hydroxyl groups excluding tert-OH is 2. The zero-order valence-electron chi connectivity index (χ0n) is 45.7. The fourth-order valence-corrected chi connectivity index (χ4v) is 10.5. The quantitative estimate of drug-likeness (QED) is 0.110. The van der Waals surface area contributed by atoms with E-state index in [0.29, 0.717) is 32.4 Å². The summed E-state index contributed by atoms with van der Waals surface area (Å²) in [5.74, 6) is -3.48. The van der Waals surface area contributed by atoms with Crippen molar-refractivity contribution in [3.05, 3.63) is 60.4 Å². The molecule has 0 spiro atoms. The maximum Gasteiger partial charge on any atom is 0.309 e. The molecule has 75 heavy (non-hydrogen) atoms. The maximum atomic E-state index is 14.2. The molecule has 3 saturated heterocycles. The van der Waals surface area contributed by atoms with Crippen LogP contribution in [-0.2, 0) is 66.6 Å². The minimum atomic E-state index is -1.45. The van der Waals surface area contributed by atoms with Crippen molar-refractivity contribution in [2.24, 2.45) is 11.8 Å². The lowest BCUT2D eigenvalue weighted by molar-refractivity contribution is -0.344. The first-order chi connectivity index (χ1) is 35.7. The van der Waals surface area contributed by atoms with E-state index in [4.69, 9.17) is 42.6 Å². The second-order valence-corrected chi connectivity index (χ2v) is 20.8. The summed E-state index contributed by atoms with van der Waals surface area (Å²) in [5, 5.41) is 24.1. The number of esters is 4. The molecular formula is C56H83N3O16. The van der Waals surface area contributed by atoms with Crippen LogP contribution in [0, 0.1) is 11.8 Å². The van der Waals surface area contributed by atoms with Gasteiger partial charge in [0.2, 0.25) is 0 Å². The Bertz CT molecular complexity index is 2160. The Morgan fingerprint density at radius 1 is 0.933 bits per heavy atom. The number of carbonyl (C=O) groups excluding carboxylic acids is 5. The molecule has 16 atom stereocenters. The summed E-state index contributed by atoms with van der Waals surface area (Å²) < 4.78 is 56.2. The van der Waals surface area contributed by atoms with Crippen LogP contribution in [0.1, 0.15) is 112 Å². The number of ether oxygens (including phenoxy) is 9. The Balaban J connectivity index is 1.45. The number of rotatable bonds is 17. The standard InChI is InChI=1S/C56H83N3O16/c1-12-45(63)71-44-29-47(65)70-42(22-17-19-38-28-41(32-57-31-38)39-20-15-14-16-21-39)23-18-25-59(10)33-43(62)34(3)27-40(24-26-60)52(53(44)67-11)74-55-50(66)49(58(8)9)51(35(4)69-55)73-48-30-56(7,75-37(6)61)54(36(5)68-48)72-46(64)13-2/h14-17,19-21,26,28,31-32,34-36,40,42-44,48-55,62,66H,12-13,18,22-25,27,29-30,33H2,1-11H3/t34-,35?,36?,40+,42+,43+,44-,48+,49?,50?,51-,52+,53+,54+,55+,56?/m1/s1. The number of β-amino-alcohol motifs (C(OH)–C–C–N with tert-alkyl or cyclic N) is 1. The Morgan fingerprint density at radius 2 is 1.64 bits per heavy atom. The van der Waals surface area contributed by atoms with Gasteiger partial charge in [-0.1, -0.05) is 63.3 Å². The predicted molar refractivity (Wildman–Crippen MR) is 276 cm³/mol. The first kappa shape index (κ1) is 61.2. The molecule has 2 aromatic rings. The zero-order chi connectivity index (χ0) is 55.0. The molecule has 0 amide bonds. The van der Waals surface area contributed by atoms with Gasteiger partial charge in [-0.05, 0) is 96.8 Å². The maximum absolute atomic E-state index is 14.2. The van der Waals surface area contributed by atoms with Gasteiger partial charge in [0.25, 0.3) is 0 Å². The number of aromatic nitrogens is 1. The van der Waals surface area contributed by atoms with Gasteiger partial charge in [-0.15, -0.1) is 0 Å². The van der Waals surface area contributed by atoms with Crippen molar-refractivity contribution in [3.8, 4) is 11.1 Å². The van der Waals surface area contributed by atoms with E-state index in [0.717, 1.165) is 23.0 Å². The van der Waals surface area contributed by atoms with Gasteiger partial charge in [-0.2, -0.15) is 0 Å². The Morgan fingerprint density at radius 3 is 2.29 bits per heavy atom. The summed E-state index contributed by atoms with van der Waals surface area (Å²) in [5.41, 5.74) is 1.52. The molecule has 5 unspecified atom stereocenters. The number of aliphatic hydroxyl groups is 2. The number of carbonyl (C=O) groups is 5. The molecule has 4 heterocycles. The van der Waals surface area contributed by atoms with Crippen molar-refractivity contribution >= 4 is 36.2 Å². The van der Waals surface area contributed by atoms with Crippen LogP contribution in [0.5, 0.6) is 0 Å². The summed E-state index contributed by atoms with van der Waals surface area (Å²) >= 11 is 0. The second-order valence-electron chi connectivity index (χ2n) is 20.8. The minimum absolute atomic E-state index is 0.0259. The third-order valence-electron chi connectivity index (χ3n) is 14.4. The van der Waals surface area contributed by atoms with Crippen LogP contribution in [0.25, 0.3) is 17.2 Å². The number of pyridine rings is 1. The zero-order valence-corrected chi connectivity index (χ0v) is 45.7. The minimum Gasteiger partial charge on any atom is -0.462 e. The molecule has 19 nitrogen and oxygen atoms in total. The molecule has 1 aromatic carbocycles. The van der Waals surface area contributed by atoms with Crippen molar-refractivity contribution in [2.45, 2.75) is 192 Å². The highest BCUT2D eigenvalue weighted by atomic mass is 16.7. The number of aldehydes is 1. The van der Waals surface area contributed by atoms with Gasteiger partial charge in [0, 0.05) is 70.6 Å². The summed E-state index contributed by atoms with van der Waals surface area (Å²) in [6.45, 7) is 12.4. The molecule has 5 rings (SSSR count).